The van der Waals surface area contributed by atoms with Crippen LogP contribution in [0.3, 0.4) is 0 Å². The van der Waals surface area contributed by atoms with Gasteiger partial charge in [0.1, 0.15) is 17.3 Å². The molecule has 4 rings (SSSR count). The number of nitrogens with one attached hydrogen (secondary N) is 1. The van der Waals surface area contributed by atoms with Crippen molar-refractivity contribution in [1.29, 1.82) is 0 Å². The van der Waals surface area contributed by atoms with Gasteiger partial charge in [-0.1, -0.05) is 23.2 Å². The Kier molecular flexibility index (Phi) is 5.17. The zero-order chi connectivity index (χ0) is 19.7. The largest absolute Gasteiger partial charge is 0.508 e. The van der Waals surface area contributed by atoms with Crippen molar-refractivity contribution in [3.05, 3.63) is 75.3 Å². The normalized spacial score (nSPS) is 16.7. The zero-order valence-electron chi connectivity index (χ0n) is 14.1. The summed E-state index contributed by atoms with van der Waals surface area (Å²) in [6.07, 6.45) is 1.65. The highest BCUT2D eigenvalue weighted by molar-refractivity contribution is 8.18. The summed E-state index contributed by atoms with van der Waals surface area (Å²) >= 11 is 13.2. The lowest BCUT2D eigenvalue weighted by Crippen LogP contribution is -2.19. The highest BCUT2D eigenvalue weighted by Gasteiger charge is 2.24. The number of aromatic hydroxyl groups is 1. The van der Waals surface area contributed by atoms with Crippen molar-refractivity contribution in [1.82, 2.24) is 5.32 Å². The van der Waals surface area contributed by atoms with Crippen LogP contribution < -0.4 is 5.32 Å². The maximum absolute atomic E-state index is 12.2. The quantitative estimate of drug-likeness (QED) is 0.510. The number of hydrogen-bond acceptors (Lipinski definition) is 5. The van der Waals surface area contributed by atoms with Gasteiger partial charge in [0.2, 0.25) is 0 Å². The Morgan fingerprint density at radius 3 is 2.57 bits per heavy atom. The number of rotatable bonds is 3. The number of carbonyl (C=O) groups excluding carboxylic acids is 1. The highest BCUT2D eigenvalue weighted by Crippen LogP contribution is 2.32. The van der Waals surface area contributed by atoms with Crippen molar-refractivity contribution in [2.45, 2.75) is 0 Å². The van der Waals surface area contributed by atoms with Gasteiger partial charge in [-0.2, -0.15) is 0 Å². The van der Waals surface area contributed by atoms with Crippen molar-refractivity contribution in [2.75, 3.05) is 0 Å². The van der Waals surface area contributed by atoms with Crippen LogP contribution in [0.25, 0.3) is 17.4 Å². The van der Waals surface area contributed by atoms with Crippen LogP contribution in [0.5, 0.6) is 5.75 Å². The van der Waals surface area contributed by atoms with Gasteiger partial charge >= 0.3 is 0 Å². The first-order valence-electron chi connectivity index (χ1n) is 8.12. The van der Waals surface area contributed by atoms with Gasteiger partial charge < -0.3 is 14.8 Å². The minimum atomic E-state index is -0.255. The van der Waals surface area contributed by atoms with Crippen molar-refractivity contribution in [3.8, 4) is 17.1 Å². The topological polar surface area (TPSA) is 74.8 Å². The minimum absolute atomic E-state index is 0.156. The van der Waals surface area contributed by atoms with Crippen LogP contribution in [0, 0.1) is 0 Å². The number of phenols is 1. The molecule has 1 saturated heterocycles. The molecule has 0 radical (unpaired) electrons. The third-order valence-corrected chi connectivity index (χ3v) is 5.48. The summed E-state index contributed by atoms with van der Waals surface area (Å²) in [5.74, 6) is 1.05. The fourth-order valence-electron chi connectivity index (χ4n) is 2.49. The van der Waals surface area contributed by atoms with Gasteiger partial charge in [-0.15, -0.1) is 0 Å². The van der Waals surface area contributed by atoms with E-state index in [1.165, 1.54) is 23.9 Å². The Hall–Kier alpha value is -2.67. The van der Waals surface area contributed by atoms with E-state index in [0.29, 0.717) is 37.3 Å². The molecule has 1 amide bonds. The molecule has 3 aromatic rings. The Balaban J connectivity index is 1.54. The van der Waals surface area contributed by atoms with E-state index in [1.807, 2.05) is 6.07 Å². The number of furan rings is 1. The monoisotopic (exact) mass is 430 g/mol. The fourth-order valence-corrected chi connectivity index (χ4v) is 3.61. The van der Waals surface area contributed by atoms with E-state index in [4.69, 9.17) is 27.6 Å². The lowest BCUT2D eigenvalue weighted by molar-refractivity contribution is -0.115. The van der Waals surface area contributed by atoms with Gasteiger partial charge in [0.15, 0.2) is 5.17 Å². The molecule has 1 aliphatic rings. The van der Waals surface area contributed by atoms with Crippen LogP contribution in [-0.2, 0) is 4.79 Å². The molecular weight excluding hydrogens is 419 g/mol. The van der Waals surface area contributed by atoms with E-state index >= 15 is 0 Å². The summed E-state index contributed by atoms with van der Waals surface area (Å²) < 4.78 is 5.80. The molecule has 0 atom stereocenters. The summed E-state index contributed by atoms with van der Waals surface area (Å²) in [4.78, 5) is 17.0. The number of benzene rings is 2. The second kappa shape index (κ2) is 7.75. The van der Waals surface area contributed by atoms with E-state index in [9.17, 15) is 9.90 Å². The SMILES string of the molecule is O=C1NC(=Nc2ccc(O)cc2)S/C1=C\c1ccc(-c2ccc(Cl)c(Cl)c2)o1. The molecule has 140 valence electrons. The van der Waals surface area contributed by atoms with Gasteiger partial charge in [0, 0.05) is 11.6 Å². The second-order valence-electron chi connectivity index (χ2n) is 5.83. The molecule has 1 fully saturated rings. The number of amides is 1. The van der Waals surface area contributed by atoms with E-state index in [0.717, 1.165) is 5.56 Å². The van der Waals surface area contributed by atoms with E-state index in [-0.39, 0.29) is 11.7 Å². The van der Waals surface area contributed by atoms with Gasteiger partial charge in [-0.05, 0) is 66.4 Å². The highest BCUT2D eigenvalue weighted by atomic mass is 35.5. The Labute approximate surface area is 174 Å². The van der Waals surface area contributed by atoms with Gasteiger partial charge in [0.25, 0.3) is 5.91 Å². The molecule has 0 saturated carbocycles. The number of phenolic OH excluding ortho intramolecular Hbond substituents is 1. The molecule has 5 nitrogen and oxygen atoms in total. The van der Waals surface area contributed by atoms with Crippen molar-refractivity contribution < 1.29 is 14.3 Å². The number of thioether (sulfide) groups is 1. The maximum Gasteiger partial charge on any atom is 0.264 e. The van der Waals surface area contributed by atoms with Gasteiger partial charge in [-0.25, -0.2) is 4.99 Å². The van der Waals surface area contributed by atoms with Crippen LogP contribution in [0.15, 0.2) is 68.9 Å². The number of amidine groups is 1. The standard InChI is InChI=1S/C20H12Cl2N2O3S/c21-15-7-1-11(9-16(15)22)17-8-6-14(27-17)10-18-19(26)24-20(28-18)23-12-2-4-13(25)5-3-12/h1-10,25H,(H,23,24,26)/b18-10-. The first kappa shape index (κ1) is 18.7. The molecule has 0 aliphatic carbocycles. The molecule has 1 aromatic heterocycles. The summed E-state index contributed by atoms with van der Waals surface area (Å²) in [7, 11) is 0. The second-order valence-corrected chi connectivity index (χ2v) is 7.67. The average molecular weight is 431 g/mol. The van der Waals surface area contributed by atoms with Gasteiger partial charge in [-0.3, -0.25) is 4.79 Å². The Bertz CT molecular complexity index is 1120. The number of hydrogen-bond donors (Lipinski definition) is 2. The molecule has 28 heavy (non-hydrogen) atoms. The molecule has 2 heterocycles. The predicted octanol–water partition coefficient (Wildman–Crippen LogP) is 5.85. The number of nitrogens with zero attached hydrogens (tertiary/aromatic N) is 1. The molecule has 2 N–H and O–H groups in total. The molecule has 0 unspecified atom stereocenters. The summed E-state index contributed by atoms with van der Waals surface area (Å²) in [6.45, 7) is 0. The fraction of sp³-hybridized carbons (Fsp3) is 0. The number of aliphatic imine (C=N–C) groups is 1. The molecule has 8 heteroatoms. The third-order valence-electron chi connectivity index (χ3n) is 3.84. The third kappa shape index (κ3) is 4.09. The van der Waals surface area contributed by atoms with Crippen LogP contribution >= 0.6 is 35.0 Å². The number of carbonyl (C=O) groups is 1. The lowest BCUT2D eigenvalue weighted by Gasteiger charge is -1.99. The molecule has 2 aromatic carbocycles. The molecule has 0 spiro atoms. The van der Waals surface area contributed by atoms with E-state index < -0.39 is 0 Å². The average Bonchev–Trinajstić information content (AvgIpc) is 3.27. The van der Waals surface area contributed by atoms with Crippen LogP contribution in [0.2, 0.25) is 10.0 Å². The molecule has 0 bridgehead atoms. The smallest absolute Gasteiger partial charge is 0.264 e. The van der Waals surface area contributed by atoms with Crippen LogP contribution in [0.1, 0.15) is 5.76 Å². The van der Waals surface area contributed by atoms with E-state index in [2.05, 4.69) is 10.3 Å². The van der Waals surface area contributed by atoms with Gasteiger partial charge in [0.05, 0.1) is 20.6 Å². The van der Waals surface area contributed by atoms with Crippen LogP contribution in [-0.4, -0.2) is 16.2 Å². The first-order valence-corrected chi connectivity index (χ1v) is 9.69. The zero-order valence-corrected chi connectivity index (χ0v) is 16.5. The van der Waals surface area contributed by atoms with E-state index in [1.54, 1.807) is 42.5 Å². The first-order chi connectivity index (χ1) is 13.5. The molecule has 1 aliphatic heterocycles. The maximum atomic E-state index is 12.2. The van der Waals surface area contributed by atoms with Crippen molar-refractivity contribution in [2.24, 2.45) is 4.99 Å². The number of halogens is 2. The summed E-state index contributed by atoms with van der Waals surface area (Å²) in [6, 6.07) is 15.2. The summed E-state index contributed by atoms with van der Waals surface area (Å²) in [5.41, 5.74) is 1.42. The van der Waals surface area contributed by atoms with Crippen molar-refractivity contribution in [3.63, 3.8) is 0 Å². The lowest BCUT2D eigenvalue weighted by atomic mass is 10.2. The predicted molar refractivity (Wildman–Crippen MR) is 113 cm³/mol. The minimum Gasteiger partial charge on any atom is -0.508 e. The Morgan fingerprint density at radius 1 is 1.04 bits per heavy atom. The molecular formula is C20H12Cl2N2O3S. The summed E-state index contributed by atoms with van der Waals surface area (Å²) in [5, 5.41) is 13.4. The van der Waals surface area contributed by atoms with Crippen LogP contribution in [0.4, 0.5) is 5.69 Å². The van der Waals surface area contributed by atoms with Crippen molar-refractivity contribution >= 4 is 57.8 Å². The Morgan fingerprint density at radius 2 is 1.82 bits per heavy atom.